The molecule has 14 nitrogen and oxygen atoms in total. The number of nitrogens with zero attached hydrogens (tertiary/aromatic N) is 4. The van der Waals surface area contributed by atoms with Gasteiger partial charge in [-0.15, -0.1) is 0 Å². The molecule has 0 aliphatic carbocycles. The number of nitro benzene ring substituents is 4. The number of non-ortho nitro benzene ring substituents is 2. The minimum absolute atomic E-state index is 0.00232. The van der Waals surface area contributed by atoms with Gasteiger partial charge < -0.3 is 9.47 Å². The summed E-state index contributed by atoms with van der Waals surface area (Å²) in [6.45, 7) is 0. The average molecular weight is 477 g/mol. The fraction of sp³-hybridized carbons (Fsp3) is 0. The summed E-state index contributed by atoms with van der Waals surface area (Å²) in [6.07, 6.45) is 0. The lowest BCUT2D eigenvalue weighted by Crippen LogP contribution is -1.97. The van der Waals surface area contributed by atoms with E-state index in [0.717, 1.165) is 36.4 Å². The largest absolute Gasteiger partial charge is 0.450 e. The molecule has 0 atom stereocenters. The second kappa shape index (κ2) is 9.11. The lowest BCUT2D eigenvalue weighted by molar-refractivity contribution is -0.394. The highest BCUT2D eigenvalue weighted by Crippen LogP contribution is 2.40. The van der Waals surface area contributed by atoms with Gasteiger partial charge in [-0.1, -0.05) is 11.6 Å². The van der Waals surface area contributed by atoms with Crippen LogP contribution in [0.3, 0.4) is 0 Å². The highest BCUT2D eigenvalue weighted by atomic mass is 35.5. The summed E-state index contributed by atoms with van der Waals surface area (Å²) in [4.78, 5) is 40.8. The maximum atomic E-state index is 11.2. The second-order valence-corrected chi connectivity index (χ2v) is 6.54. The standard InChI is InChI=1S/C18H9ClN4O10/c19-13-9-12(32-17-4-1-10(20(24)25)7-14(17)22(28)29)3-6-16(13)33-18-5-2-11(21(26)27)8-15(18)23(30)31/h1-9H. The van der Waals surface area contributed by atoms with Gasteiger partial charge in [-0.25, -0.2) is 0 Å². The third-order valence-corrected chi connectivity index (χ3v) is 4.35. The van der Waals surface area contributed by atoms with Crippen molar-refractivity contribution in [2.75, 3.05) is 0 Å². The van der Waals surface area contributed by atoms with Crippen LogP contribution in [0, 0.1) is 40.5 Å². The molecule has 15 heteroatoms. The smallest absolute Gasteiger partial charge is 0.318 e. The number of ether oxygens (including phenoxy) is 2. The molecule has 3 rings (SSSR count). The zero-order chi connectivity index (χ0) is 24.3. The van der Waals surface area contributed by atoms with Gasteiger partial charge >= 0.3 is 11.4 Å². The Labute approximate surface area is 187 Å². The lowest BCUT2D eigenvalue weighted by atomic mass is 10.2. The van der Waals surface area contributed by atoms with Gasteiger partial charge in [-0.2, -0.15) is 0 Å². The molecule has 0 fully saturated rings. The predicted octanol–water partition coefficient (Wildman–Crippen LogP) is 5.56. The van der Waals surface area contributed by atoms with Crippen LogP contribution >= 0.6 is 11.6 Å². The van der Waals surface area contributed by atoms with E-state index in [1.807, 2.05) is 0 Å². The van der Waals surface area contributed by atoms with Gasteiger partial charge in [0.1, 0.15) is 11.5 Å². The Morgan fingerprint density at radius 2 is 1.03 bits per heavy atom. The third kappa shape index (κ3) is 5.08. The summed E-state index contributed by atoms with van der Waals surface area (Å²) in [5, 5.41) is 44.0. The van der Waals surface area contributed by atoms with E-state index in [2.05, 4.69) is 0 Å². The maximum Gasteiger partial charge on any atom is 0.318 e. The van der Waals surface area contributed by atoms with Crippen molar-refractivity contribution in [1.82, 2.24) is 0 Å². The van der Waals surface area contributed by atoms with Crippen LogP contribution in [0.4, 0.5) is 22.7 Å². The van der Waals surface area contributed by atoms with Crippen molar-refractivity contribution in [2.24, 2.45) is 0 Å². The van der Waals surface area contributed by atoms with E-state index < -0.39 is 42.4 Å². The zero-order valence-electron chi connectivity index (χ0n) is 15.9. The third-order valence-electron chi connectivity index (χ3n) is 4.05. The molecule has 0 saturated carbocycles. The van der Waals surface area contributed by atoms with Crippen LogP contribution in [-0.2, 0) is 0 Å². The van der Waals surface area contributed by atoms with E-state index in [9.17, 15) is 40.5 Å². The molecule has 168 valence electrons. The quantitative estimate of drug-likeness (QED) is 0.293. The van der Waals surface area contributed by atoms with Crippen LogP contribution in [0.15, 0.2) is 54.6 Å². The SMILES string of the molecule is O=[N+]([O-])c1ccc(Oc2ccc(Oc3ccc([N+](=O)[O-])cc3[N+](=O)[O-])c(Cl)c2)c([N+](=O)[O-])c1. The van der Waals surface area contributed by atoms with Crippen molar-refractivity contribution in [3.8, 4) is 23.0 Å². The van der Waals surface area contributed by atoms with Crippen molar-refractivity contribution < 1.29 is 29.2 Å². The van der Waals surface area contributed by atoms with Gasteiger partial charge in [0.15, 0.2) is 0 Å². The van der Waals surface area contributed by atoms with Gasteiger partial charge in [-0.3, -0.25) is 40.5 Å². The Morgan fingerprint density at radius 1 is 0.576 bits per heavy atom. The van der Waals surface area contributed by atoms with E-state index in [4.69, 9.17) is 21.1 Å². The van der Waals surface area contributed by atoms with Gasteiger partial charge in [0, 0.05) is 18.2 Å². The van der Waals surface area contributed by atoms with E-state index in [-0.39, 0.29) is 28.0 Å². The number of nitro groups is 4. The van der Waals surface area contributed by atoms with Crippen molar-refractivity contribution in [3.05, 3.63) is 100 Å². The molecule has 0 unspecified atom stereocenters. The first kappa shape index (κ1) is 22.8. The maximum absolute atomic E-state index is 11.2. The van der Waals surface area contributed by atoms with Gasteiger partial charge in [-0.05, 0) is 24.3 Å². The summed E-state index contributed by atoms with van der Waals surface area (Å²) < 4.78 is 10.8. The normalized spacial score (nSPS) is 10.3. The molecule has 0 aliphatic rings. The molecule has 0 amide bonds. The molecule has 3 aromatic rings. The molecular formula is C18H9ClN4O10. The molecule has 0 bridgehead atoms. The first-order valence-electron chi connectivity index (χ1n) is 8.57. The van der Waals surface area contributed by atoms with Crippen molar-refractivity contribution in [3.63, 3.8) is 0 Å². The van der Waals surface area contributed by atoms with Crippen LogP contribution in [0.5, 0.6) is 23.0 Å². The summed E-state index contributed by atoms with van der Waals surface area (Å²) in [5.74, 6) is -0.671. The monoisotopic (exact) mass is 476 g/mol. The van der Waals surface area contributed by atoms with E-state index in [0.29, 0.717) is 0 Å². The molecule has 3 aromatic carbocycles. The summed E-state index contributed by atoms with van der Waals surface area (Å²) in [6, 6.07) is 9.32. The molecule has 0 N–H and O–H groups in total. The van der Waals surface area contributed by atoms with Crippen molar-refractivity contribution in [1.29, 1.82) is 0 Å². The molecule has 0 aliphatic heterocycles. The number of hydrogen-bond acceptors (Lipinski definition) is 10. The van der Waals surface area contributed by atoms with E-state index in [1.54, 1.807) is 0 Å². The Bertz CT molecular complexity index is 1310. The molecule has 0 radical (unpaired) electrons. The van der Waals surface area contributed by atoms with Crippen molar-refractivity contribution in [2.45, 2.75) is 0 Å². The topological polar surface area (TPSA) is 191 Å². The molecule has 0 aromatic heterocycles. The van der Waals surface area contributed by atoms with E-state index >= 15 is 0 Å². The Morgan fingerprint density at radius 3 is 1.45 bits per heavy atom. The molecule has 0 heterocycles. The Kier molecular flexibility index (Phi) is 6.30. The average Bonchev–Trinajstić information content (AvgIpc) is 2.75. The molecule has 0 spiro atoms. The fourth-order valence-electron chi connectivity index (χ4n) is 2.57. The number of halogens is 1. The summed E-state index contributed by atoms with van der Waals surface area (Å²) in [5.41, 5.74) is -2.32. The minimum atomic E-state index is -0.860. The number of rotatable bonds is 8. The van der Waals surface area contributed by atoms with Crippen LogP contribution in [0.1, 0.15) is 0 Å². The summed E-state index contributed by atoms with van der Waals surface area (Å²) >= 11 is 6.12. The van der Waals surface area contributed by atoms with Crippen LogP contribution in [0.25, 0.3) is 0 Å². The van der Waals surface area contributed by atoms with Crippen LogP contribution < -0.4 is 9.47 Å². The fourth-order valence-corrected chi connectivity index (χ4v) is 2.78. The lowest BCUT2D eigenvalue weighted by Gasteiger charge is -2.10. The molecule has 33 heavy (non-hydrogen) atoms. The van der Waals surface area contributed by atoms with Crippen LogP contribution in [-0.4, -0.2) is 19.7 Å². The number of benzene rings is 3. The van der Waals surface area contributed by atoms with Gasteiger partial charge in [0.25, 0.3) is 11.4 Å². The second-order valence-electron chi connectivity index (χ2n) is 6.13. The minimum Gasteiger partial charge on any atom is -0.450 e. The van der Waals surface area contributed by atoms with Crippen LogP contribution in [0.2, 0.25) is 5.02 Å². The van der Waals surface area contributed by atoms with Gasteiger partial charge in [0.2, 0.25) is 11.5 Å². The zero-order valence-corrected chi connectivity index (χ0v) is 16.7. The Hall–Kier alpha value is -4.85. The molecule has 0 saturated heterocycles. The first-order valence-corrected chi connectivity index (χ1v) is 8.95. The first-order chi connectivity index (χ1) is 15.6. The van der Waals surface area contributed by atoms with Gasteiger partial charge in [0.05, 0.1) is 36.8 Å². The highest BCUT2D eigenvalue weighted by molar-refractivity contribution is 6.32. The number of hydrogen-bond donors (Lipinski definition) is 0. The Balaban J connectivity index is 1.89. The summed E-state index contributed by atoms with van der Waals surface area (Å²) in [7, 11) is 0. The molecular weight excluding hydrogens is 468 g/mol. The highest BCUT2D eigenvalue weighted by Gasteiger charge is 2.23. The van der Waals surface area contributed by atoms with E-state index in [1.165, 1.54) is 18.2 Å². The predicted molar refractivity (Wildman–Crippen MR) is 111 cm³/mol. The van der Waals surface area contributed by atoms with Crippen molar-refractivity contribution >= 4 is 34.4 Å².